The van der Waals surface area contributed by atoms with Crippen molar-refractivity contribution in [2.75, 3.05) is 13.7 Å². The number of aromatic nitrogens is 1. The van der Waals surface area contributed by atoms with Crippen molar-refractivity contribution >= 4 is 0 Å². The van der Waals surface area contributed by atoms with Crippen molar-refractivity contribution in [2.45, 2.75) is 47.1 Å². The molecule has 0 aliphatic heterocycles. The van der Waals surface area contributed by atoms with Gasteiger partial charge in [0.05, 0.1) is 12.8 Å². The summed E-state index contributed by atoms with van der Waals surface area (Å²) in [5.74, 6) is 1.73. The van der Waals surface area contributed by atoms with Gasteiger partial charge >= 0.3 is 0 Å². The fourth-order valence-corrected chi connectivity index (χ4v) is 2.80. The highest BCUT2D eigenvalue weighted by molar-refractivity contribution is 5.40. The van der Waals surface area contributed by atoms with Gasteiger partial charge in [0.25, 0.3) is 0 Å². The van der Waals surface area contributed by atoms with Crippen LogP contribution in [0.2, 0.25) is 0 Å². The summed E-state index contributed by atoms with van der Waals surface area (Å²) >= 11 is 0. The predicted molar refractivity (Wildman–Crippen MR) is 78.5 cm³/mol. The van der Waals surface area contributed by atoms with E-state index in [9.17, 15) is 0 Å². The summed E-state index contributed by atoms with van der Waals surface area (Å²) in [5, 5.41) is 3.58. The van der Waals surface area contributed by atoms with Gasteiger partial charge in [0.2, 0.25) is 0 Å². The lowest BCUT2D eigenvalue weighted by Gasteiger charge is -2.20. The molecule has 0 spiro atoms. The van der Waals surface area contributed by atoms with Crippen LogP contribution in [-0.2, 0) is 6.54 Å². The van der Waals surface area contributed by atoms with E-state index in [1.807, 2.05) is 13.1 Å². The Bertz CT molecular complexity index is 450. The quantitative estimate of drug-likeness (QED) is 0.854. The molecule has 0 radical (unpaired) electrons. The minimum Gasteiger partial charge on any atom is -0.496 e. The monoisotopic (exact) mass is 262 g/mol. The number of pyridine rings is 1. The van der Waals surface area contributed by atoms with E-state index in [2.05, 4.69) is 31.1 Å². The molecule has 1 aliphatic carbocycles. The summed E-state index contributed by atoms with van der Waals surface area (Å²) in [6.07, 6.45) is 4.63. The number of aryl methyl sites for hydroxylation is 1. The van der Waals surface area contributed by atoms with E-state index in [4.69, 9.17) is 4.74 Å². The van der Waals surface area contributed by atoms with Crippen LogP contribution in [0, 0.1) is 25.2 Å². The first-order valence-electron chi connectivity index (χ1n) is 7.20. The van der Waals surface area contributed by atoms with E-state index < -0.39 is 0 Å². The van der Waals surface area contributed by atoms with E-state index in [1.54, 1.807) is 7.11 Å². The van der Waals surface area contributed by atoms with E-state index in [0.29, 0.717) is 5.41 Å². The van der Waals surface area contributed by atoms with Crippen molar-refractivity contribution in [2.24, 2.45) is 11.3 Å². The second-order valence-corrected chi connectivity index (χ2v) is 6.17. The molecule has 0 atom stereocenters. The Balaban J connectivity index is 1.97. The number of methoxy groups -OCH3 is 1. The Morgan fingerprint density at radius 2 is 2.05 bits per heavy atom. The van der Waals surface area contributed by atoms with E-state index >= 15 is 0 Å². The number of nitrogens with one attached hydrogen (secondary N) is 1. The van der Waals surface area contributed by atoms with Gasteiger partial charge < -0.3 is 10.1 Å². The van der Waals surface area contributed by atoms with Gasteiger partial charge in [-0.25, -0.2) is 0 Å². The van der Waals surface area contributed by atoms with Crippen LogP contribution < -0.4 is 10.1 Å². The Hall–Kier alpha value is -1.09. The van der Waals surface area contributed by atoms with Crippen LogP contribution >= 0.6 is 0 Å². The van der Waals surface area contributed by atoms with Crippen molar-refractivity contribution in [3.8, 4) is 5.75 Å². The van der Waals surface area contributed by atoms with Gasteiger partial charge in [-0.15, -0.1) is 0 Å². The first-order chi connectivity index (χ1) is 9.00. The molecule has 0 aromatic carbocycles. The summed E-state index contributed by atoms with van der Waals surface area (Å²) in [7, 11) is 1.73. The zero-order chi connectivity index (χ0) is 14.0. The maximum Gasteiger partial charge on any atom is 0.128 e. The first kappa shape index (κ1) is 14.3. The Kier molecular flexibility index (Phi) is 4.14. The molecule has 1 aromatic heterocycles. The second-order valence-electron chi connectivity index (χ2n) is 6.17. The smallest absolute Gasteiger partial charge is 0.128 e. The highest BCUT2D eigenvalue weighted by atomic mass is 16.5. The lowest BCUT2D eigenvalue weighted by Crippen LogP contribution is -2.27. The highest BCUT2D eigenvalue weighted by Gasteiger charge is 2.44. The summed E-state index contributed by atoms with van der Waals surface area (Å²) < 4.78 is 5.45. The summed E-state index contributed by atoms with van der Waals surface area (Å²) in [6.45, 7) is 10.7. The zero-order valence-electron chi connectivity index (χ0n) is 12.8. The van der Waals surface area contributed by atoms with Crippen molar-refractivity contribution < 1.29 is 4.74 Å². The average Bonchev–Trinajstić information content (AvgIpc) is 3.14. The molecular formula is C16H26N2O. The predicted octanol–water partition coefficient (Wildman–Crippen LogP) is 3.23. The molecule has 19 heavy (non-hydrogen) atoms. The van der Waals surface area contributed by atoms with Gasteiger partial charge in [0, 0.05) is 30.4 Å². The normalized spacial score (nSPS) is 16.7. The van der Waals surface area contributed by atoms with Crippen LogP contribution in [0.15, 0.2) is 6.20 Å². The first-order valence-corrected chi connectivity index (χ1v) is 7.20. The largest absolute Gasteiger partial charge is 0.496 e. The molecule has 1 N–H and O–H groups in total. The van der Waals surface area contributed by atoms with Crippen molar-refractivity contribution in [1.29, 1.82) is 0 Å². The molecule has 0 unspecified atom stereocenters. The summed E-state index contributed by atoms with van der Waals surface area (Å²) in [5.41, 5.74) is 3.90. The molecule has 3 nitrogen and oxygen atoms in total. The Morgan fingerprint density at radius 3 is 2.58 bits per heavy atom. The Labute approximate surface area is 116 Å². The fourth-order valence-electron chi connectivity index (χ4n) is 2.80. The number of rotatable bonds is 6. The molecule has 1 fully saturated rings. The highest BCUT2D eigenvalue weighted by Crippen LogP contribution is 2.51. The minimum absolute atomic E-state index is 0.544. The van der Waals surface area contributed by atoms with Gasteiger partial charge in [-0.3, -0.25) is 4.98 Å². The van der Waals surface area contributed by atoms with E-state index in [1.165, 1.54) is 12.8 Å². The Morgan fingerprint density at radius 1 is 1.37 bits per heavy atom. The van der Waals surface area contributed by atoms with Crippen LogP contribution in [0.3, 0.4) is 0 Å². The van der Waals surface area contributed by atoms with Gasteiger partial charge in [0.15, 0.2) is 0 Å². The third kappa shape index (κ3) is 2.92. The van der Waals surface area contributed by atoms with Gasteiger partial charge in [0.1, 0.15) is 5.75 Å². The van der Waals surface area contributed by atoms with Crippen LogP contribution in [0.5, 0.6) is 5.75 Å². The lowest BCUT2D eigenvalue weighted by atomic mass is 9.92. The molecule has 1 aromatic rings. The minimum atomic E-state index is 0.544. The SMILES string of the molecule is COc1c(C)cnc(CNCC2(C(C)C)CC2)c1C. The van der Waals surface area contributed by atoms with Crippen LogP contribution in [0.4, 0.5) is 0 Å². The molecule has 0 amide bonds. The van der Waals surface area contributed by atoms with E-state index in [0.717, 1.165) is 41.6 Å². The van der Waals surface area contributed by atoms with Crippen LogP contribution in [0.1, 0.15) is 43.5 Å². The third-order valence-electron chi connectivity index (χ3n) is 4.64. The second kappa shape index (κ2) is 5.49. The standard InChI is InChI=1S/C16H26N2O/c1-11(2)16(6-7-16)10-17-9-14-13(4)15(19-5)12(3)8-18-14/h8,11,17H,6-7,9-10H2,1-5H3. The van der Waals surface area contributed by atoms with Gasteiger partial charge in [-0.1, -0.05) is 13.8 Å². The topological polar surface area (TPSA) is 34.1 Å². The number of hydrogen-bond donors (Lipinski definition) is 1. The van der Waals surface area contributed by atoms with Crippen molar-refractivity contribution in [3.63, 3.8) is 0 Å². The number of hydrogen-bond acceptors (Lipinski definition) is 3. The van der Waals surface area contributed by atoms with Crippen LogP contribution in [0.25, 0.3) is 0 Å². The molecule has 1 saturated carbocycles. The lowest BCUT2D eigenvalue weighted by molar-refractivity contribution is 0.336. The van der Waals surface area contributed by atoms with Crippen LogP contribution in [-0.4, -0.2) is 18.6 Å². The number of nitrogens with zero attached hydrogens (tertiary/aromatic N) is 1. The molecule has 0 saturated heterocycles. The number of ether oxygens (including phenoxy) is 1. The molecular weight excluding hydrogens is 236 g/mol. The maximum atomic E-state index is 5.45. The maximum absolute atomic E-state index is 5.45. The van der Waals surface area contributed by atoms with Crippen molar-refractivity contribution in [1.82, 2.24) is 10.3 Å². The third-order valence-corrected chi connectivity index (χ3v) is 4.64. The van der Waals surface area contributed by atoms with E-state index in [-0.39, 0.29) is 0 Å². The molecule has 106 valence electrons. The summed E-state index contributed by atoms with van der Waals surface area (Å²) in [4.78, 5) is 4.53. The van der Waals surface area contributed by atoms with Gasteiger partial charge in [-0.2, -0.15) is 0 Å². The molecule has 2 rings (SSSR count). The molecule has 3 heteroatoms. The van der Waals surface area contributed by atoms with Gasteiger partial charge in [-0.05, 0) is 38.0 Å². The zero-order valence-corrected chi connectivity index (χ0v) is 12.8. The molecule has 1 heterocycles. The summed E-state index contributed by atoms with van der Waals surface area (Å²) in [6, 6.07) is 0. The molecule has 1 aliphatic rings. The average molecular weight is 262 g/mol. The fraction of sp³-hybridized carbons (Fsp3) is 0.688. The molecule has 0 bridgehead atoms. The van der Waals surface area contributed by atoms with Crippen molar-refractivity contribution in [3.05, 3.63) is 23.0 Å².